The fourth-order valence-electron chi connectivity index (χ4n) is 4.82. The van der Waals surface area contributed by atoms with Crippen LogP contribution in [-0.2, 0) is 25.2 Å². The number of carboxylic acids is 2. The number of benzene rings is 3. The molecule has 0 fully saturated rings. The van der Waals surface area contributed by atoms with E-state index in [-0.39, 0.29) is 11.3 Å². The zero-order valence-electron chi connectivity index (χ0n) is 19.6. The first-order valence-electron chi connectivity index (χ1n) is 11.2. The van der Waals surface area contributed by atoms with Crippen molar-refractivity contribution in [3.63, 3.8) is 0 Å². The first kappa shape index (κ1) is 27.7. The minimum Gasteiger partial charge on any atom is -0.545 e. The van der Waals surface area contributed by atoms with Crippen molar-refractivity contribution in [2.45, 2.75) is 25.2 Å². The van der Waals surface area contributed by atoms with Crippen molar-refractivity contribution in [3.8, 4) is 5.75 Å². The van der Waals surface area contributed by atoms with Crippen LogP contribution >= 0.6 is 0 Å². The highest BCUT2D eigenvalue weighted by molar-refractivity contribution is 6.04. The summed E-state index contributed by atoms with van der Waals surface area (Å²) < 4.78 is 89.4. The van der Waals surface area contributed by atoms with E-state index in [0.29, 0.717) is 12.1 Å². The molecule has 6 nitrogen and oxygen atoms in total. The Balaban J connectivity index is 2.01. The molecular formula is C27H16F6O6-2. The predicted molar refractivity (Wildman–Crippen MR) is 118 cm³/mol. The van der Waals surface area contributed by atoms with Crippen LogP contribution in [0.25, 0.3) is 0 Å². The van der Waals surface area contributed by atoms with E-state index in [0.717, 1.165) is 24.3 Å². The molecule has 0 aliphatic carbocycles. The summed E-state index contributed by atoms with van der Waals surface area (Å²) >= 11 is 0. The van der Waals surface area contributed by atoms with Crippen LogP contribution in [0.3, 0.4) is 0 Å². The molecule has 0 radical (unpaired) electrons. The molecule has 3 aromatic rings. The lowest BCUT2D eigenvalue weighted by atomic mass is 9.68. The van der Waals surface area contributed by atoms with Gasteiger partial charge in [-0.15, -0.1) is 0 Å². The number of fused-ring (bicyclic) bond motifs is 1. The number of alkyl halides is 6. The maximum Gasteiger partial charge on any atom is 0.416 e. The number of rotatable bonds is 6. The van der Waals surface area contributed by atoms with Gasteiger partial charge in [0.05, 0.1) is 34.0 Å². The number of aromatic carboxylic acids is 2. The third-order valence-corrected chi connectivity index (χ3v) is 6.55. The van der Waals surface area contributed by atoms with Gasteiger partial charge in [0, 0.05) is 11.1 Å². The first-order chi connectivity index (χ1) is 18.2. The number of para-hydroxylation sites is 1. The lowest BCUT2D eigenvalue weighted by Gasteiger charge is -2.39. The highest BCUT2D eigenvalue weighted by Crippen LogP contribution is 2.45. The highest BCUT2D eigenvalue weighted by Gasteiger charge is 2.48. The molecule has 0 saturated carbocycles. The van der Waals surface area contributed by atoms with Crippen molar-refractivity contribution in [2.24, 2.45) is 5.41 Å². The molecule has 3 aromatic carbocycles. The molecule has 0 bridgehead atoms. The minimum atomic E-state index is -5.11. The van der Waals surface area contributed by atoms with Crippen LogP contribution in [0.5, 0.6) is 5.75 Å². The number of halogens is 6. The Morgan fingerprint density at radius 1 is 0.744 bits per heavy atom. The van der Waals surface area contributed by atoms with E-state index >= 15 is 0 Å². The van der Waals surface area contributed by atoms with Crippen molar-refractivity contribution >= 4 is 17.7 Å². The Labute approximate surface area is 216 Å². The van der Waals surface area contributed by atoms with Crippen LogP contribution in [0.1, 0.15) is 53.3 Å². The van der Waals surface area contributed by atoms with Crippen LogP contribution < -0.4 is 14.9 Å². The number of carbonyl (C=O) groups is 3. The molecule has 0 amide bonds. The fraction of sp³-hybridized carbons (Fsp3) is 0.222. The summed E-state index contributed by atoms with van der Waals surface area (Å²) in [6.45, 7) is -0.778. The van der Waals surface area contributed by atoms with Gasteiger partial charge in [-0.1, -0.05) is 36.4 Å². The monoisotopic (exact) mass is 550 g/mol. The Kier molecular flexibility index (Phi) is 6.92. The van der Waals surface area contributed by atoms with Crippen molar-refractivity contribution in [1.29, 1.82) is 0 Å². The van der Waals surface area contributed by atoms with E-state index in [2.05, 4.69) is 0 Å². The van der Waals surface area contributed by atoms with E-state index in [1.165, 1.54) is 24.3 Å². The third-order valence-electron chi connectivity index (χ3n) is 6.55. The molecular weight excluding hydrogens is 534 g/mol. The Morgan fingerprint density at radius 3 is 1.64 bits per heavy atom. The lowest BCUT2D eigenvalue weighted by molar-refractivity contribution is -0.256. The van der Waals surface area contributed by atoms with Crippen LogP contribution in [0.4, 0.5) is 26.3 Å². The Hall–Kier alpha value is -4.35. The van der Waals surface area contributed by atoms with Gasteiger partial charge in [-0.2, -0.15) is 26.3 Å². The summed E-state index contributed by atoms with van der Waals surface area (Å²) in [4.78, 5) is 37.4. The van der Waals surface area contributed by atoms with E-state index in [1.807, 2.05) is 0 Å². The number of ketones is 1. The molecule has 1 aliphatic rings. The van der Waals surface area contributed by atoms with Gasteiger partial charge in [0.2, 0.25) is 0 Å². The predicted octanol–water partition coefficient (Wildman–Crippen LogP) is 3.50. The molecule has 39 heavy (non-hydrogen) atoms. The van der Waals surface area contributed by atoms with Crippen LogP contribution in [-0.4, -0.2) is 24.3 Å². The van der Waals surface area contributed by atoms with Crippen LogP contribution in [0.15, 0.2) is 60.7 Å². The first-order valence-corrected chi connectivity index (χ1v) is 11.2. The molecule has 0 unspecified atom stereocenters. The van der Waals surface area contributed by atoms with Crippen LogP contribution in [0.2, 0.25) is 0 Å². The number of ether oxygens (including phenoxy) is 1. The van der Waals surface area contributed by atoms with Gasteiger partial charge < -0.3 is 24.5 Å². The summed E-state index contributed by atoms with van der Waals surface area (Å²) in [7, 11) is 0. The lowest BCUT2D eigenvalue weighted by Crippen LogP contribution is -2.46. The molecule has 0 atom stereocenters. The van der Waals surface area contributed by atoms with Gasteiger partial charge in [-0.25, -0.2) is 0 Å². The van der Waals surface area contributed by atoms with Crippen molar-refractivity contribution in [2.75, 3.05) is 6.61 Å². The summed E-state index contributed by atoms with van der Waals surface area (Å²) in [5.41, 5.74) is -9.05. The largest absolute Gasteiger partial charge is 0.545 e. The average molecular weight is 550 g/mol. The SMILES string of the molecule is O=C([O-])c1cccc(C(F)(F)F)c1CC1(Cc2c(C(=O)[O-])cccc2C(F)(F)F)COc2ccccc2C1=O. The minimum absolute atomic E-state index is 0.00610. The number of hydrogen-bond donors (Lipinski definition) is 0. The van der Waals surface area contributed by atoms with Gasteiger partial charge in [-0.3, -0.25) is 4.79 Å². The Bertz CT molecular complexity index is 1400. The third kappa shape index (κ3) is 5.18. The number of carbonyl (C=O) groups excluding carboxylic acids is 3. The van der Waals surface area contributed by atoms with Crippen molar-refractivity contribution < 1.29 is 55.7 Å². The topological polar surface area (TPSA) is 107 Å². The molecule has 0 aromatic heterocycles. The van der Waals surface area contributed by atoms with Gasteiger partial charge in [0.25, 0.3) is 0 Å². The van der Waals surface area contributed by atoms with Gasteiger partial charge in [0.15, 0.2) is 5.78 Å². The zero-order chi connectivity index (χ0) is 28.8. The van der Waals surface area contributed by atoms with E-state index < -0.39 is 88.3 Å². The molecule has 1 aliphatic heterocycles. The van der Waals surface area contributed by atoms with Gasteiger partial charge >= 0.3 is 12.4 Å². The maximum absolute atomic E-state index is 14.0. The molecule has 0 saturated heterocycles. The van der Waals surface area contributed by atoms with Crippen molar-refractivity contribution in [3.05, 3.63) is 99.6 Å². The summed E-state index contributed by atoms with van der Waals surface area (Å²) in [5, 5.41) is 23.6. The smallest absolute Gasteiger partial charge is 0.416 e. The fourth-order valence-corrected chi connectivity index (χ4v) is 4.82. The van der Waals surface area contributed by atoms with Crippen molar-refractivity contribution in [1.82, 2.24) is 0 Å². The summed E-state index contributed by atoms with van der Waals surface area (Å²) in [5.74, 6) is -4.97. The second-order valence-corrected chi connectivity index (χ2v) is 8.98. The maximum atomic E-state index is 14.0. The molecule has 0 N–H and O–H groups in total. The standard InChI is InChI=1S/C27H18F6O6/c28-26(29,30)19-8-3-6-14(23(35)36)17(19)11-25(13-39-21-10-2-1-5-16(21)22(25)34)12-18-15(24(37)38)7-4-9-20(18)27(31,32)33/h1-10H,11-13H2,(H,35,36)(H,37,38)/p-2. The molecule has 0 spiro atoms. The number of carboxylic acid groups (broad SMARTS) is 2. The molecule has 12 heteroatoms. The van der Waals surface area contributed by atoms with E-state index in [1.54, 1.807) is 0 Å². The zero-order valence-corrected chi connectivity index (χ0v) is 19.6. The molecule has 1 heterocycles. The second kappa shape index (κ2) is 9.75. The highest BCUT2D eigenvalue weighted by atomic mass is 19.4. The summed E-state index contributed by atoms with van der Waals surface area (Å²) in [6.07, 6.45) is -12.3. The average Bonchev–Trinajstić information content (AvgIpc) is 2.85. The number of Topliss-reactive ketones (excluding diaryl/α,β-unsaturated/α-hetero) is 1. The van der Waals surface area contributed by atoms with Gasteiger partial charge in [-0.05, 0) is 48.2 Å². The number of hydrogen-bond acceptors (Lipinski definition) is 6. The quantitative estimate of drug-likeness (QED) is 0.435. The summed E-state index contributed by atoms with van der Waals surface area (Å²) in [6, 6.07) is 9.86. The van der Waals surface area contributed by atoms with E-state index in [9.17, 15) is 50.9 Å². The molecule has 4 rings (SSSR count). The Morgan fingerprint density at radius 2 is 1.21 bits per heavy atom. The molecule has 204 valence electrons. The van der Waals surface area contributed by atoms with Gasteiger partial charge in [0.1, 0.15) is 12.4 Å². The normalized spacial score (nSPS) is 14.9. The van der Waals surface area contributed by atoms with E-state index in [4.69, 9.17) is 4.74 Å². The van der Waals surface area contributed by atoms with Crippen LogP contribution in [0, 0.1) is 5.41 Å². The second-order valence-electron chi connectivity index (χ2n) is 8.98.